The standard InChI is InChI=1S/C23H23NO5/c25-21(26)15-12-23(13-15)24(10-5-11-29-23)22(27)28-14-20-18-8-3-1-6-16(18)17-7-2-4-9-19(17)20/h1-4,6-9,15,20H,5,10-14H2,(H,25,26). The van der Waals surface area contributed by atoms with Crippen molar-refractivity contribution in [2.45, 2.75) is 30.9 Å². The normalized spacial score (nSPS) is 25.2. The lowest BCUT2D eigenvalue weighted by atomic mass is 9.75. The van der Waals surface area contributed by atoms with Gasteiger partial charge in [-0.3, -0.25) is 9.69 Å². The summed E-state index contributed by atoms with van der Waals surface area (Å²) in [6.07, 6.45) is 0.957. The highest BCUT2D eigenvalue weighted by molar-refractivity contribution is 5.79. The van der Waals surface area contributed by atoms with Gasteiger partial charge in [0.2, 0.25) is 0 Å². The first-order valence-corrected chi connectivity index (χ1v) is 10.1. The number of fused-ring (bicyclic) bond motifs is 3. The van der Waals surface area contributed by atoms with Crippen LogP contribution in [0.25, 0.3) is 11.1 Å². The number of carboxylic acid groups (broad SMARTS) is 1. The first kappa shape index (κ1) is 18.2. The van der Waals surface area contributed by atoms with E-state index in [9.17, 15) is 14.7 Å². The average Bonchev–Trinajstić information content (AvgIpc) is 3.04. The van der Waals surface area contributed by atoms with Gasteiger partial charge < -0.3 is 14.6 Å². The van der Waals surface area contributed by atoms with Crippen molar-refractivity contribution in [3.63, 3.8) is 0 Å². The van der Waals surface area contributed by atoms with Gasteiger partial charge in [-0.15, -0.1) is 0 Å². The number of rotatable bonds is 3. The highest BCUT2D eigenvalue weighted by Gasteiger charge is 2.56. The molecule has 150 valence electrons. The monoisotopic (exact) mass is 393 g/mol. The van der Waals surface area contributed by atoms with Gasteiger partial charge in [-0.2, -0.15) is 0 Å². The molecule has 0 aromatic heterocycles. The first-order valence-electron chi connectivity index (χ1n) is 10.1. The number of carbonyl (C=O) groups excluding carboxylic acids is 1. The fraction of sp³-hybridized carbons (Fsp3) is 0.391. The van der Waals surface area contributed by atoms with Crippen LogP contribution in [0, 0.1) is 5.92 Å². The Morgan fingerprint density at radius 2 is 1.69 bits per heavy atom. The topological polar surface area (TPSA) is 76.1 Å². The van der Waals surface area contributed by atoms with Crippen LogP contribution >= 0.6 is 0 Å². The van der Waals surface area contributed by atoms with E-state index in [4.69, 9.17) is 9.47 Å². The maximum absolute atomic E-state index is 12.9. The van der Waals surface area contributed by atoms with E-state index in [1.54, 1.807) is 4.90 Å². The highest BCUT2D eigenvalue weighted by atomic mass is 16.6. The molecule has 1 spiro atoms. The Balaban J connectivity index is 1.33. The van der Waals surface area contributed by atoms with Gasteiger partial charge in [-0.05, 0) is 28.7 Å². The molecule has 6 heteroatoms. The lowest BCUT2D eigenvalue weighted by Gasteiger charge is -2.53. The molecule has 1 N–H and O–H groups in total. The Morgan fingerprint density at radius 1 is 1.07 bits per heavy atom. The molecule has 0 radical (unpaired) electrons. The van der Waals surface area contributed by atoms with Gasteiger partial charge >= 0.3 is 12.1 Å². The largest absolute Gasteiger partial charge is 0.481 e. The first-order chi connectivity index (χ1) is 14.1. The molecule has 2 aromatic rings. The van der Waals surface area contributed by atoms with E-state index in [1.807, 2.05) is 24.3 Å². The second-order valence-corrected chi connectivity index (χ2v) is 8.05. The fourth-order valence-electron chi connectivity index (χ4n) is 4.92. The molecule has 2 aliphatic carbocycles. The Bertz CT molecular complexity index is 920. The highest BCUT2D eigenvalue weighted by Crippen LogP contribution is 2.47. The van der Waals surface area contributed by atoms with Crippen molar-refractivity contribution in [3.05, 3.63) is 59.7 Å². The molecule has 0 atom stereocenters. The van der Waals surface area contributed by atoms with Crippen molar-refractivity contribution >= 4 is 12.1 Å². The predicted molar refractivity (Wildman–Crippen MR) is 105 cm³/mol. The lowest BCUT2D eigenvalue weighted by Crippen LogP contribution is -2.65. The third-order valence-corrected chi connectivity index (χ3v) is 6.43. The summed E-state index contributed by atoms with van der Waals surface area (Å²) in [6, 6.07) is 16.4. The van der Waals surface area contributed by atoms with Gasteiger partial charge in [0.15, 0.2) is 0 Å². The summed E-state index contributed by atoms with van der Waals surface area (Å²) in [6.45, 7) is 1.32. The van der Waals surface area contributed by atoms with Crippen molar-refractivity contribution < 1.29 is 24.2 Å². The van der Waals surface area contributed by atoms with Crippen LogP contribution in [0.5, 0.6) is 0 Å². The van der Waals surface area contributed by atoms with Crippen LogP contribution in [0.15, 0.2) is 48.5 Å². The number of ether oxygens (including phenoxy) is 2. The minimum atomic E-state index is -0.836. The Kier molecular flexibility index (Phi) is 4.32. The SMILES string of the molecule is O=C(O)C1CC2(C1)OCCCN2C(=O)OCC1c2ccccc2-c2ccccc21. The third-order valence-electron chi connectivity index (χ3n) is 6.43. The summed E-state index contributed by atoms with van der Waals surface area (Å²) < 4.78 is 11.6. The van der Waals surface area contributed by atoms with Crippen LogP contribution in [-0.2, 0) is 14.3 Å². The molecule has 1 amide bonds. The van der Waals surface area contributed by atoms with E-state index < -0.39 is 23.7 Å². The molecule has 1 heterocycles. The van der Waals surface area contributed by atoms with Crippen LogP contribution in [-0.4, -0.2) is 47.6 Å². The number of aliphatic carboxylic acids is 1. The molecule has 2 fully saturated rings. The zero-order chi connectivity index (χ0) is 20.0. The van der Waals surface area contributed by atoms with E-state index in [0.717, 1.165) is 6.42 Å². The molecule has 0 unspecified atom stereocenters. The van der Waals surface area contributed by atoms with E-state index in [2.05, 4.69) is 24.3 Å². The van der Waals surface area contributed by atoms with Gasteiger partial charge in [0.1, 0.15) is 12.3 Å². The molecule has 5 rings (SSSR count). The molecule has 2 aromatic carbocycles. The summed E-state index contributed by atoms with van der Waals surface area (Å²) in [5.74, 6) is -1.30. The zero-order valence-electron chi connectivity index (χ0n) is 16.0. The van der Waals surface area contributed by atoms with E-state index >= 15 is 0 Å². The molecular weight excluding hydrogens is 370 g/mol. The number of hydrogen-bond donors (Lipinski definition) is 1. The molecule has 1 saturated heterocycles. The predicted octanol–water partition coefficient (Wildman–Crippen LogP) is 3.85. The van der Waals surface area contributed by atoms with Gasteiger partial charge in [-0.25, -0.2) is 4.79 Å². The summed E-state index contributed by atoms with van der Waals surface area (Å²) in [5.41, 5.74) is 3.89. The Labute approximate surface area is 169 Å². The second kappa shape index (κ2) is 6.88. The van der Waals surface area contributed by atoms with E-state index in [0.29, 0.717) is 26.0 Å². The van der Waals surface area contributed by atoms with Crippen LogP contribution in [0.3, 0.4) is 0 Å². The van der Waals surface area contributed by atoms with Crippen LogP contribution < -0.4 is 0 Å². The van der Waals surface area contributed by atoms with E-state index in [-0.39, 0.29) is 12.5 Å². The number of amides is 1. The van der Waals surface area contributed by atoms with Crippen LogP contribution in [0.4, 0.5) is 4.79 Å². The summed E-state index contributed by atoms with van der Waals surface area (Å²) in [4.78, 5) is 25.8. The molecule has 1 saturated carbocycles. The van der Waals surface area contributed by atoms with Gasteiger partial charge in [0.25, 0.3) is 0 Å². The van der Waals surface area contributed by atoms with Crippen molar-refractivity contribution in [3.8, 4) is 11.1 Å². The van der Waals surface area contributed by atoms with Crippen molar-refractivity contribution in [1.82, 2.24) is 4.90 Å². The van der Waals surface area contributed by atoms with E-state index in [1.165, 1.54) is 22.3 Å². The number of carboxylic acids is 1. The Hall–Kier alpha value is -2.86. The summed E-state index contributed by atoms with van der Waals surface area (Å²) in [5, 5.41) is 9.21. The van der Waals surface area contributed by atoms with Crippen LogP contribution in [0.2, 0.25) is 0 Å². The maximum Gasteiger partial charge on any atom is 0.412 e. The number of hydrogen-bond acceptors (Lipinski definition) is 4. The number of nitrogens with zero attached hydrogens (tertiary/aromatic N) is 1. The molecule has 3 aliphatic rings. The quantitative estimate of drug-likeness (QED) is 0.857. The number of carbonyl (C=O) groups is 2. The molecule has 1 aliphatic heterocycles. The van der Waals surface area contributed by atoms with Crippen LogP contribution in [0.1, 0.15) is 36.3 Å². The van der Waals surface area contributed by atoms with Gasteiger partial charge in [0, 0.05) is 25.3 Å². The van der Waals surface area contributed by atoms with Gasteiger partial charge in [0.05, 0.1) is 12.5 Å². The maximum atomic E-state index is 12.9. The lowest BCUT2D eigenvalue weighted by molar-refractivity contribution is -0.236. The smallest absolute Gasteiger partial charge is 0.412 e. The van der Waals surface area contributed by atoms with Crippen molar-refractivity contribution in [2.75, 3.05) is 19.8 Å². The minimum absolute atomic E-state index is 0.00108. The third kappa shape index (κ3) is 2.90. The minimum Gasteiger partial charge on any atom is -0.481 e. The molecular formula is C23H23NO5. The summed E-state index contributed by atoms with van der Waals surface area (Å²) >= 11 is 0. The summed E-state index contributed by atoms with van der Waals surface area (Å²) in [7, 11) is 0. The fourth-order valence-corrected chi connectivity index (χ4v) is 4.92. The molecule has 0 bridgehead atoms. The van der Waals surface area contributed by atoms with Crippen molar-refractivity contribution in [1.29, 1.82) is 0 Å². The average molecular weight is 393 g/mol. The molecule has 29 heavy (non-hydrogen) atoms. The second-order valence-electron chi connectivity index (χ2n) is 8.05. The number of benzene rings is 2. The van der Waals surface area contributed by atoms with Crippen molar-refractivity contribution in [2.24, 2.45) is 5.92 Å². The van der Waals surface area contributed by atoms with Gasteiger partial charge in [-0.1, -0.05) is 48.5 Å². The zero-order valence-corrected chi connectivity index (χ0v) is 16.0. The Morgan fingerprint density at radius 3 is 2.31 bits per heavy atom. The molecule has 6 nitrogen and oxygen atoms in total.